The zero-order chi connectivity index (χ0) is 32.1. The molecule has 0 bridgehead atoms. The number of hydrogen-bond donors (Lipinski definition) is 1. The number of hydrogen-bond acceptors (Lipinski definition) is 9. The van der Waals surface area contributed by atoms with Crippen LogP contribution in [-0.4, -0.2) is 72.5 Å². The van der Waals surface area contributed by atoms with Gasteiger partial charge in [-0.15, -0.1) is 0 Å². The molecule has 0 spiro atoms. The second-order valence-electron chi connectivity index (χ2n) is 11.0. The molecule has 1 aliphatic rings. The molecule has 1 aliphatic heterocycles. The summed E-state index contributed by atoms with van der Waals surface area (Å²) in [5, 5.41) is 3.39. The average Bonchev–Trinajstić information content (AvgIpc) is 3.51. The SMILES string of the molecule is COCCOc1ccn2c(-c3ccc4cc(F)cc(N5CCC(NC(=O)OCc6ccccc6)(C(=O)OC)CC5)c4n3)cnc2c1. The molecular formula is C34H34FN5O6. The van der Waals surface area contributed by atoms with Crippen molar-refractivity contribution in [3.63, 3.8) is 0 Å². The second-order valence-corrected chi connectivity index (χ2v) is 11.0. The lowest BCUT2D eigenvalue weighted by atomic mass is 9.87. The smallest absolute Gasteiger partial charge is 0.408 e. The van der Waals surface area contributed by atoms with Gasteiger partial charge in [-0.1, -0.05) is 36.4 Å². The molecule has 5 aromatic rings. The highest BCUT2D eigenvalue weighted by Gasteiger charge is 2.44. The van der Waals surface area contributed by atoms with Crippen molar-refractivity contribution in [3.05, 3.63) is 90.5 Å². The summed E-state index contributed by atoms with van der Waals surface area (Å²) in [6.07, 6.45) is 3.33. The van der Waals surface area contributed by atoms with Crippen LogP contribution in [0.4, 0.5) is 14.9 Å². The normalized spacial score (nSPS) is 14.3. The second kappa shape index (κ2) is 13.4. The zero-order valence-corrected chi connectivity index (χ0v) is 25.6. The Balaban J connectivity index is 1.23. The van der Waals surface area contributed by atoms with Gasteiger partial charge >= 0.3 is 12.1 Å². The Morgan fingerprint density at radius 3 is 2.57 bits per heavy atom. The van der Waals surface area contributed by atoms with Gasteiger partial charge in [0.15, 0.2) is 0 Å². The van der Waals surface area contributed by atoms with Crippen LogP contribution in [0.5, 0.6) is 5.75 Å². The third-order valence-corrected chi connectivity index (χ3v) is 8.13. The topological polar surface area (TPSA) is 117 Å². The number of amides is 1. The number of esters is 1. The van der Waals surface area contributed by atoms with Crippen LogP contribution in [0, 0.1) is 5.82 Å². The van der Waals surface area contributed by atoms with Crippen molar-refractivity contribution in [2.45, 2.75) is 25.0 Å². The number of imidazole rings is 1. The third-order valence-electron chi connectivity index (χ3n) is 8.13. The number of carbonyl (C=O) groups excluding carboxylic acids is 2. The number of aromatic nitrogens is 3. The number of benzene rings is 2. The van der Waals surface area contributed by atoms with E-state index in [4.69, 9.17) is 23.9 Å². The van der Waals surface area contributed by atoms with Gasteiger partial charge in [-0.05, 0) is 42.7 Å². The molecule has 11 nitrogen and oxygen atoms in total. The number of anilines is 1. The Morgan fingerprint density at radius 1 is 1.00 bits per heavy atom. The number of piperidine rings is 1. The fourth-order valence-electron chi connectivity index (χ4n) is 5.71. The summed E-state index contributed by atoms with van der Waals surface area (Å²) in [5.74, 6) is -0.286. The third kappa shape index (κ3) is 6.43. The van der Waals surface area contributed by atoms with Crippen molar-refractivity contribution >= 4 is 34.3 Å². The van der Waals surface area contributed by atoms with E-state index in [-0.39, 0.29) is 19.4 Å². The number of alkyl carbamates (subject to hydrolysis) is 1. The molecule has 0 atom stereocenters. The van der Waals surface area contributed by atoms with Crippen LogP contribution in [0.3, 0.4) is 0 Å². The molecule has 238 valence electrons. The van der Waals surface area contributed by atoms with Crippen molar-refractivity contribution in [3.8, 4) is 17.1 Å². The van der Waals surface area contributed by atoms with E-state index in [0.29, 0.717) is 60.0 Å². The highest BCUT2D eigenvalue weighted by Crippen LogP contribution is 2.34. The van der Waals surface area contributed by atoms with Gasteiger partial charge in [0.25, 0.3) is 0 Å². The number of pyridine rings is 2. The highest BCUT2D eigenvalue weighted by molar-refractivity contribution is 5.93. The number of carbonyl (C=O) groups is 2. The molecule has 3 aromatic heterocycles. The lowest BCUT2D eigenvalue weighted by molar-refractivity contribution is -0.149. The van der Waals surface area contributed by atoms with Gasteiger partial charge in [-0.25, -0.2) is 23.9 Å². The quantitative estimate of drug-likeness (QED) is 0.166. The molecule has 1 fully saturated rings. The van der Waals surface area contributed by atoms with Crippen LogP contribution in [0.1, 0.15) is 18.4 Å². The maximum absolute atomic E-state index is 14.9. The number of methoxy groups -OCH3 is 2. The fraction of sp³-hybridized carbons (Fsp3) is 0.294. The first-order chi connectivity index (χ1) is 22.4. The summed E-state index contributed by atoms with van der Waals surface area (Å²) in [7, 11) is 2.91. The summed E-state index contributed by atoms with van der Waals surface area (Å²) in [6, 6.07) is 19.5. The van der Waals surface area contributed by atoms with Gasteiger partial charge in [0.1, 0.15) is 36.0 Å². The minimum Gasteiger partial charge on any atom is -0.491 e. The highest BCUT2D eigenvalue weighted by atomic mass is 19.1. The fourth-order valence-corrected chi connectivity index (χ4v) is 5.71. The predicted octanol–water partition coefficient (Wildman–Crippen LogP) is 5.15. The van der Waals surface area contributed by atoms with Gasteiger partial charge < -0.3 is 29.2 Å². The molecule has 46 heavy (non-hydrogen) atoms. The molecule has 2 aromatic carbocycles. The van der Waals surface area contributed by atoms with Gasteiger partial charge in [-0.3, -0.25) is 4.40 Å². The minimum atomic E-state index is -1.29. The van der Waals surface area contributed by atoms with Gasteiger partial charge in [0.2, 0.25) is 0 Å². The van der Waals surface area contributed by atoms with Crippen molar-refractivity contribution in [2.75, 3.05) is 45.4 Å². The number of rotatable bonds is 10. The van der Waals surface area contributed by atoms with Crippen molar-refractivity contribution in [1.29, 1.82) is 0 Å². The van der Waals surface area contributed by atoms with Crippen molar-refractivity contribution < 1.29 is 32.9 Å². The van der Waals surface area contributed by atoms with E-state index < -0.39 is 23.4 Å². The van der Waals surface area contributed by atoms with Crippen LogP contribution in [0.25, 0.3) is 27.9 Å². The molecule has 6 rings (SSSR count). The number of nitrogens with zero attached hydrogens (tertiary/aromatic N) is 4. The summed E-state index contributed by atoms with van der Waals surface area (Å²) < 4.78 is 38.0. The number of nitrogens with one attached hydrogen (secondary N) is 1. The average molecular weight is 628 g/mol. The molecule has 0 saturated carbocycles. The zero-order valence-electron chi connectivity index (χ0n) is 25.6. The molecule has 0 unspecified atom stereocenters. The summed E-state index contributed by atoms with van der Waals surface area (Å²) >= 11 is 0. The van der Waals surface area contributed by atoms with Crippen molar-refractivity contribution in [1.82, 2.24) is 19.7 Å². The lowest BCUT2D eigenvalue weighted by Crippen LogP contribution is -2.60. The lowest BCUT2D eigenvalue weighted by Gasteiger charge is -2.40. The maximum atomic E-state index is 14.9. The van der Waals surface area contributed by atoms with Crippen LogP contribution < -0.4 is 15.0 Å². The van der Waals surface area contributed by atoms with E-state index in [1.54, 1.807) is 13.3 Å². The predicted molar refractivity (Wildman–Crippen MR) is 169 cm³/mol. The Labute approximate surface area is 264 Å². The van der Waals surface area contributed by atoms with Crippen LogP contribution in [0.2, 0.25) is 0 Å². The Bertz CT molecular complexity index is 1860. The Hall–Kier alpha value is -5.23. The van der Waals surface area contributed by atoms with E-state index in [9.17, 15) is 14.0 Å². The Kier molecular flexibility index (Phi) is 8.97. The minimum absolute atomic E-state index is 0.0646. The molecule has 0 aliphatic carbocycles. The first kappa shape index (κ1) is 30.8. The summed E-state index contributed by atoms with van der Waals surface area (Å²) in [4.78, 5) is 37.2. The summed E-state index contributed by atoms with van der Waals surface area (Å²) in [5.41, 5.74) is 2.84. The van der Waals surface area contributed by atoms with E-state index in [2.05, 4.69) is 10.3 Å². The first-order valence-corrected chi connectivity index (χ1v) is 14.9. The molecule has 1 amide bonds. The van der Waals surface area contributed by atoms with Crippen LogP contribution in [-0.2, 0) is 25.6 Å². The van der Waals surface area contributed by atoms with Crippen LogP contribution >= 0.6 is 0 Å². The Morgan fingerprint density at radius 2 is 1.80 bits per heavy atom. The largest absolute Gasteiger partial charge is 0.491 e. The van der Waals surface area contributed by atoms with Crippen molar-refractivity contribution in [2.24, 2.45) is 0 Å². The number of halogens is 1. The van der Waals surface area contributed by atoms with Gasteiger partial charge in [0.05, 0.1) is 42.5 Å². The molecule has 4 heterocycles. The molecular weight excluding hydrogens is 593 g/mol. The number of ether oxygens (including phenoxy) is 4. The van der Waals surface area contributed by atoms with E-state index >= 15 is 0 Å². The molecule has 1 N–H and O–H groups in total. The summed E-state index contributed by atoms with van der Waals surface area (Å²) in [6.45, 7) is 1.64. The van der Waals surface area contributed by atoms with E-state index in [1.807, 2.05) is 70.1 Å². The number of fused-ring (bicyclic) bond motifs is 2. The molecule has 0 radical (unpaired) electrons. The van der Waals surface area contributed by atoms with Gasteiger partial charge in [0, 0.05) is 37.8 Å². The van der Waals surface area contributed by atoms with Crippen LogP contribution in [0.15, 0.2) is 79.1 Å². The molecule has 12 heteroatoms. The standard InChI is InChI=1S/C34H34FN5O6/c1-43-16-17-45-26-10-13-40-29(21-36-30(40)20-26)27-9-8-24-18-25(35)19-28(31(24)37-27)39-14-11-34(12-15-39,32(41)44-2)38-33(42)46-22-23-6-4-3-5-7-23/h3-10,13,18-21H,11-12,14-17,22H2,1-2H3,(H,38,42). The van der Waals surface area contributed by atoms with Gasteiger partial charge in [-0.2, -0.15) is 0 Å². The van der Waals surface area contributed by atoms with E-state index in [0.717, 1.165) is 11.3 Å². The monoisotopic (exact) mass is 627 g/mol. The molecule has 1 saturated heterocycles. The first-order valence-electron chi connectivity index (χ1n) is 14.9. The maximum Gasteiger partial charge on any atom is 0.408 e. The van der Waals surface area contributed by atoms with E-state index in [1.165, 1.54) is 19.2 Å².